The molecule has 0 saturated carbocycles. The van der Waals surface area contributed by atoms with Gasteiger partial charge in [0, 0.05) is 30.2 Å². The van der Waals surface area contributed by atoms with E-state index in [1.807, 2.05) is 24.3 Å². The van der Waals surface area contributed by atoms with Crippen LogP contribution in [0.2, 0.25) is 0 Å². The van der Waals surface area contributed by atoms with E-state index in [1.54, 1.807) is 36.2 Å². The van der Waals surface area contributed by atoms with Crippen molar-refractivity contribution < 1.29 is 14.4 Å². The molecule has 0 radical (unpaired) electrons. The number of nitrogens with zero attached hydrogens (tertiary/aromatic N) is 1. The van der Waals surface area contributed by atoms with Crippen molar-refractivity contribution in [1.29, 1.82) is 0 Å². The summed E-state index contributed by atoms with van der Waals surface area (Å²) in [5.74, 6) is -0.724. The zero-order valence-electron chi connectivity index (χ0n) is 14.9. The third-order valence-corrected chi connectivity index (χ3v) is 5.17. The summed E-state index contributed by atoms with van der Waals surface area (Å²) < 4.78 is 0.825. The van der Waals surface area contributed by atoms with Gasteiger partial charge in [-0.2, -0.15) is 0 Å². The molecule has 1 heterocycles. The van der Waals surface area contributed by atoms with E-state index in [9.17, 15) is 14.4 Å². The highest BCUT2D eigenvalue weighted by atomic mass is 79.9. The Balaban J connectivity index is 1.63. The minimum atomic E-state index is -0.407. The van der Waals surface area contributed by atoms with E-state index in [0.717, 1.165) is 15.7 Å². The van der Waals surface area contributed by atoms with Gasteiger partial charge < -0.3 is 15.5 Å². The fourth-order valence-corrected chi connectivity index (χ4v) is 3.51. The first kappa shape index (κ1) is 19.1. The molecule has 2 aromatic rings. The van der Waals surface area contributed by atoms with Crippen molar-refractivity contribution in [3.63, 3.8) is 0 Å². The van der Waals surface area contributed by atoms with Gasteiger partial charge in [0.2, 0.25) is 17.7 Å². The Kier molecular flexibility index (Phi) is 5.91. The fraction of sp³-hybridized carbons (Fsp3) is 0.250. The van der Waals surface area contributed by atoms with E-state index in [0.29, 0.717) is 18.7 Å². The van der Waals surface area contributed by atoms with Crippen LogP contribution in [0.5, 0.6) is 0 Å². The van der Waals surface area contributed by atoms with Gasteiger partial charge >= 0.3 is 0 Å². The van der Waals surface area contributed by atoms with Gasteiger partial charge in [-0.15, -0.1) is 0 Å². The summed E-state index contributed by atoms with van der Waals surface area (Å²) in [6.45, 7) is 0.349. The lowest BCUT2D eigenvalue weighted by Gasteiger charge is -2.18. The molecule has 3 amide bonds. The Morgan fingerprint density at radius 2 is 1.85 bits per heavy atom. The summed E-state index contributed by atoms with van der Waals surface area (Å²) in [6.07, 6.45) is 0.477. The van der Waals surface area contributed by atoms with Crippen molar-refractivity contribution in [1.82, 2.24) is 5.32 Å². The maximum Gasteiger partial charge on any atom is 0.229 e. The third kappa shape index (κ3) is 4.54. The number of amides is 3. The summed E-state index contributed by atoms with van der Waals surface area (Å²) in [7, 11) is 1.59. The van der Waals surface area contributed by atoms with Gasteiger partial charge in [0.15, 0.2) is 0 Å². The molecule has 0 aliphatic carbocycles. The Labute approximate surface area is 166 Å². The molecule has 7 heteroatoms. The Hall–Kier alpha value is -2.67. The van der Waals surface area contributed by atoms with Gasteiger partial charge in [-0.25, -0.2) is 0 Å². The van der Waals surface area contributed by atoms with Crippen LogP contribution in [0.25, 0.3) is 0 Å². The largest absolute Gasteiger partial charge is 0.359 e. The number of hydrogen-bond acceptors (Lipinski definition) is 3. The molecular formula is C20H20BrN3O3. The minimum Gasteiger partial charge on any atom is -0.359 e. The molecule has 1 unspecified atom stereocenters. The maximum absolute atomic E-state index is 12.6. The molecule has 1 atom stereocenters. The number of halogens is 1. The molecule has 0 spiro atoms. The highest BCUT2D eigenvalue weighted by Gasteiger charge is 2.35. The van der Waals surface area contributed by atoms with E-state index in [4.69, 9.17) is 0 Å². The molecule has 1 saturated heterocycles. The van der Waals surface area contributed by atoms with Crippen LogP contribution in [0.4, 0.5) is 11.4 Å². The standard InChI is InChI=1S/C20H20BrN3O3/c1-22-18(25)10-13-6-8-15(9-7-13)23-20(27)14-11-19(26)24(12-14)17-5-3-2-4-16(17)21/h2-9,14H,10-12H2,1H3,(H,22,25)(H,23,27). The SMILES string of the molecule is CNC(=O)Cc1ccc(NC(=O)C2CC(=O)N(c3ccccc3Br)C2)cc1. The van der Waals surface area contributed by atoms with Crippen LogP contribution in [0.1, 0.15) is 12.0 Å². The normalized spacial score (nSPS) is 16.3. The lowest BCUT2D eigenvalue weighted by Crippen LogP contribution is -2.28. The predicted molar refractivity (Wildman–Crippen MR) is 107 cm³/mol. The molecular weight excluding hydrogens is 410 g/mol. The molecule has 0 bridgehead atoms. The van der Waals surface area contributed by atoms with Gasteiger partial charge in [-0.1, -0.05) is 24.3 Å². The lowest BCUT2D eigenvalue weighted by molar-refractivity contribution is -0.122. The van der Waals surface area contributed by atoms with Gasteiger partial charge in [0.1, 0.15) is 0 Å². The van der Waals surface area contributed by atoms with Crippen LogP contribution in [-0.4, -0.2) is 31.3 Å². The Morgan fingerprint density at radius 3 is 2.52 bits per heavy atom. The zero-order valence-corrected chi connectivity index (χ0v) is 16.5. The van der Waals surface area contributed by atoms with E-state index in [2.05, 4.69) is 26.6 Å². The van der Waals surface area contributed by atoms with Gasteiger partial charge in [-0.3, -0.25) is 14.4 Å². The summed E-state index contributed by atoms with van der Waals surface area (Å²) in [6, 6.07) is 14.6. The van der Waals surface area contributed by atoms with Crippen LogP contribution in [0, 0.1) is 5.92 Å². The minimum absolute atomic E-state index is 0.0663. The van der Waals surface area contributed by atoms with Crippen LogP contribution in [0.15, 0.2) is 53.0 Å². The van der Waals surface area contributed by atoms with Crippen LogP contribution < -0.4 is 15.5 Å². The zero-order chi connectivity index (χ0) is 19.4. The average Bonchev–Trinajstić information content (AvgIpc) is 3.05. The fourth-order valence-electron chi connectivity index (χ4n) is 3.01. The van der Waals surface area contributed by atoms with Crippen molar-refractivity contribution in [2.45, 2.75) is 12.8 Å². The molecule has 140 valence electrons. The smallest absolute Gasteiger partial charge is 0.229 e. The quantitative estimate of drug-likeness (QED) is 0.766. The lowest BCUT2D eigenvalue weighted by atomic mass is 10.1. The number of anilines is 2. The molecule has 3 rings (SSSR count). The van der Waals surface area contributed by atoms with Crippen molar-refractivity contribution in [3.05, 3.63) is 58.6 Å². The van der Waals surface area contributed by atoms with E-state index >= 15 is 0 Å². The number of likely N-dealkylation sites (N-methyl/N-ethyl adjacent to an activating group) is 1. The first-order chi connectivity index (χ1) is 13.0. The topological polar surface area (TPSA) is 78.5 Å². The number of para-hydroxylation sites is 1. The highest BCUT2D eigenvalue weighted by Crippen LogP contribution is 2.31. The second-order valence-electron chi connectivity index (χ2n) is 6.39. The average molecular weight is 430 g/mol. The Bertz CT molecular complexity index is 867. The van der Waals surface area contributed by atoms with Gasteiger partial charge in [-0.05, 0) is 45.8 Å². The first-order valence-electron chi connectivity index (χ1n) is 8.63. The number of benzene rings is 2. The summed E-state index contributed by atoms with van der Waals surface area (Å²) in [5, 5.41) is 5.43. The van der Waals surface area contributed by atoms with Crippen LogP contribution in [-0.2, 0) is 20.8 Å². The summed E-state index contributed by atoms with van der Waals surface area (Å²) in [4.78, 5) is 38.0. The molecule has 1 aliphatic rings. The number of hydrogen-bond donors (Lipinski definition) is 2. The number of nitrogens with one attached hydrogen (secondary N) is 2. The molecule has 0 aromatic heterocycles. The molecule has 2 aromatic carbocycles. The molecule has 6 nitrogen and oxygen atoms in total. The molecule has 27 heavy (non-hydrogen) atoms. The molecule has 1 aliphatic heterocycles. The summed E-state index contributed by atoms with van der Waals surface area (Å²) >= 11 is 3.45. The number of carbonyl (C=O) groups excluding carboxylic acids is 3. The highest BCUT2D eigenvalue weighted by molar-refractivity contribution is 9.10. The van der Waals surface area contributed by atoms with Crippen molar-refractivity contribution in [3.8, 4) is 0 Å². The van der Waals surface area contributed by atoms with Crippen molar-refractivity contribution in [2.24, 2.45) is 5.92 Å². The predicted octanol–water partition coefficient (Wildman–Crippen LogP) is 2.73. The first-order valence-corrected chi connectivity index (χ1v) is 9.42. The number of rotatable bonds is 5. The summed E-state index contributed by atoms with van der Waals surface area (Å²) in [5.41, 5.74) is 2.28. The van der Waals surface area contributed by atoms with E-state index in [-0.39, 0.29) is 24.1 Å². The number of carbonyl (C=O) groups is 3. The molecule has 1 fully saturated rings. The van der Waals surface area contributed by atoms with Crippen molar-refractivity contribution in [2.75, 3.05) is 23.8 Å². The van der Waals surface area contributed by atoms with Crippen LogP contribution in [0.3, 0.4) is 0 Å². The third-order valence-electron chi connectivity index (χ3n) is 4.50. The monoisotopic (exact) mass is 429 g/mol. The molecule has 2 N–H and O–H groups in total. The second-order valence-corrected chi connectivity index (χ2v) is 7.25. The van der Waals surface area contributed by atoms with E-state index < -0.39 is 5.92 Å². The van der Waals surface area contributed by atoms with Crippen LogP contribution >= 0.6 is 15.9 Å². The second kappa shape index (κ2) is 8.35. The van der Waals surface area contributed by atoms with Crippen molar-refractivity contribution >= 4 is 45.0 Å². The van der Waals surface area contributed by atoms with E-state index in [1.165, 1.54) is 0 Å². The van der Waals surface area contributed by atoms with Gasteiger partial charge in [0.05, 0.1) is 18.0 Å². The van der Waals surface area contributed by atoms with Gasteiger partial charge in [0.25, 0.3) is 0 Å². The Morgan fingerprint density at radius 1 is 1.15 bits per heavy atom. The maximum atomic E-state index is 12.6.